The van der Waals surface area contributed by atoms with E-state index in [9.17, 15) is 30.8 Å². The highest BCUT2D eigenvalue weighted by molar-refractivity contribution is 7.99. The Labute approximate surface area is 196 Å². The topological polar surface area (TPSA) is 118 Å². The highest BCUT2D eigenvalue weighted by Gasteiger charge is 2.28. The summed E-state index contributed by atoms with van der Waals surface area (Å²) in [5, 5.41) is 0.441. The van der Waals surface area contributed by atoms with Crippen molar-refractivity contribution >= 4 is 38.0 Å². The molecule has 0 bridgehead atoms. The van der Waals surface area contributed by atoms with Crippen LogP contribution in [0.1, 0.15) is 41.3 Å². The van der Waals surface area contributed by atoms with Gasteiger partial charge in [0.1, 0.15) is 12.1 Å². The van der Waals surface area contributed by atoms with Gasteiger partial charge in [0.25, 0.3) is 0 Å². The van der Waals surface area contributed by atoms with Crippen LogP contribution in [0.5, 0.6) is 0 Å². The van der Waals surface area contributed by atoms with Crippen molar-refractivity contribution in [3.63, 3.8) is 0 Å². The third kappa shape index (κ3) is 5.49. The molecule has 1 N–H and O–H groups in total. The SMILES string of the molecule is CCCS(=O)(=O)N(CCCc1cc(F)c(F)c(C(=O)c2ccc3ncncc3c2)c1F)S(=O)O. The molecule has 2 aromatic carbocycles. The maximum atomic E-state index is 15.1. The number of benzene rings is 2. The maximum absolute atomic E-state index is 15.1. The molecule has 0 amide bonds. The normalized spacial score (nSPS) is 12.9. The van der Waals surface area contributed by atoms with E-state index in [4.69, 9.17) is 0 Å². The van der Waals surface area contributed by atoms with Gasteiger partial charge in [0, 0.05) is 23.7 Å². The molecule has 1 aromatic heterocycles. The number of aromatic nitrogens is 2. The second kappa shape index (κ2) is 10.7. The Morgan fingerprint density at radius 1 is 1.18 bits per heavy atom. The van der Waals surface area contributed by atoms with E-state index in [-0.39, 0.29) is 36.1 Å². The quantitative estimate of drug-likeness (QED) is 0.250. The summed E-state index contributed by atoms with van der Waals surface area (Å²) in [6.07, 6.45) is 2.41. The van der Waals surface area contributed by atoms with Crippen molar-refractivity contribution in [2.24, 2.45) is 0 Å². The molecule has 0 aliphatic carbocycles. The lowest BCUT2D eigenvalue weighted by Gasteiger charge is -2.17. The molecule has 3 aromatic rings. The molecular formula is C21H20F3N3O5S2. The van der Waals surface area contributed by atoms with Gasteiger partial charge in [-0.3, -0.25) is 9.35 Å². The zero-order valence-electron chi connectivity index (χ0n) is 17.9. The van der Waals surface area contributed by atoms with Crippen molar-refractivity contribution < 1.29 is 35.1 Å². The van der Waals surface area contributed by atoms with Gasteiger partial charge in [0.05, 0.1) is 16.8 Å². The molecule has 0 aliphatic heterocycles. The van der Waals surface area contributed by atoms with Crippen molar-refractivity contribution in [3.05, 3.63) is 70.9 Å². The van der Waals surface area contributed by atoms with Gasteiger partial charge < -0.3 is 0 Å². The minimum atomic E-state index is -4.04. The van der Waals surface area contributed by atoms with Crippen LogP contribution in [-0.2, 0) is 27.7 Å². The molecule has 1 unspecified atom stereocenters. The van der Waals surface area contributed by atoms with Crippen molar-refractivity contribution in [3.8, 4) is 0 Å². The number of aryl methyl sites for hydroxylation is 1. The minimum Gasteiger partial charge on any atom is -0.293 e. The summed E-state index contributed by atoms with van der Waals surface area (Å²) >= 11 is -2.84. The first-order valence-corrected chi connectivity index (χ1v) is 12.8. The van der Waals surface area contributed by atoms with Crippen LogP contribution in [0, 0.1) is 17.5 Å². The van der Waals surface area contributed by atoms with E-state index in [0.29, 0.717) is 20.7 Å². The number of carbonyl (C=O) groups excluding carboxylic acids is 1. The standard InChI is InChI=1S/C21H20F3N3O5S2/c1-2-8-34(31,32)27(33(29)30)7-3-4-13-10-16(22)20(24)18(19(13)23)21(28)14-5-6-17-15(9-14)11-25-12-26-17/h5-6,9-12H,2-4,7-8H2,1H3,(H,29,30). The van der Waals surface area contributed by atoms with E-state index >= 15 is 4.39 Å². The van der Waals surface area contributed by atoms with Gasteiger partial charge in [-0.1, -0.05) is 10.6 Å². The van der Waals surface area contributed by atoms with Crippen LogP contribution in [0.2, 0.25) is 0 Å². The van der Waals surface area contributed by atoms with Gasteiger partial charge in [0.15, 0.2) is 17.4 Å². The second-order valence-corrected chi connectivity index (χ2v) is 10.5. The Hall–Kier alpha value is -2.74. The highest BCUT2D eigenvalue weighted by Crippen LogP contribution is 2.25. The van der Waals surface area contributed by atoms with Crippen LogP contribution in [0.15, 0.2) is 36.8 Å². The maximum Gasteiger partial charge on any atom is 0.248 e. The number of hydrogen-bond donors (Lipinski definition) is 1. The van der Waals surface area contributed by atoms with Gasteiger partial charge in [-0.15, -0.1) is 0 Å². The molecule has 34 heavy (non-hydrogen) atoms. The third-order valence-corrected chi connectivity index (χ3v) is 8.28. The number of halogens is 3. The van der Waals surface area contributed by atoms with E-state index in [1.54, 1.807) is 6.92 Å². The summed E-state index contributed by atoms with van der Waals surface area (Å²) in [5.41, 5.74) is -1.07. The molecule has 3 rings (SSSR count). The van der Waals surface area contributed by atoms with Gasteiger partial charge in [-0.25, -0.2) is 35.8 Å². The molecule has 1 heterocycles. The van der Waals surface area contributed by atoms with E-state index < -0.39 is 56.6 Å². The molecule has 0 saturated carbocycles. The molecule has 0 aliphatic rings. The fraction of sp³-hybridized carbons (Fsp3) is 0.286. The third-order valence-electron chi connectivity index (χ3n) is 4.96. The number of hydrogen-bond acceptors (Lipinski definition) is 6. The summed E-state index contributed by atoms with van der Waals surface area (Å²) in [4.78, 5) is 20.7. The number of ketones is 1. The van der Waals surface area contributed by atoms with Crippen LogP contribution in [0.4, 0.5) is 13.2 Å². The Bertz CT molecular complexity index is 1370. The smallest absolute Gasteiger partial charge is 0.248 e. The molecule has 13 heteroatoms. The monoisotopic (exact) mass is 515 g/mol. The Balaban J connectivity index is 1.89. The zero-order chi connectivity index (χ0) is 25.0. The van der Waals surface area contributed by atoms with Gasteiger partial charge in [-0.2, -0.15) is 0 Å². The Morgan fingerprint density at radius 3 is 2.59 bits per heavy atom. The predicted molar refractivity (Wildman–Crippen MR) is 119 cm³/mol. The predicted octanol–water partition coefficient (Wildman–Crippen LogP) is 3.39. The lowest BCUT2D eigenvalue weighted by Crippen LogP contribution is -2.35. The van der Waals surface area contributed by atoms with Gasteiger partial charge in [-0.05, 0) is 49.1 Å². The summed E-state index contributed by atoms with van der Waals surface area (Å²) in [5.74, 6) is -5.86. The van der Waals surface area contributed by atoms with E-state index in [2.05, 4.69) is 9.97 Å². The molecular weight excluding hydrogens is 495 g/mol. The Morgan fingerprint density at radius 2 is 1.91 bits per heavy atom. The van der Waals surface area contributed by atoms with Crippen LogP contribution in [0.3, 0.4) is 0 Å². The molecule has 0 fully saturated rings. The molecule has 0 radical (unpaired) electrons. The summed E-state index contributed by atoms with van der Waals surface area (Å²) in [6.45, 7) is 1.12. The van der Waals surface area contributed by atoms with Crippen molar-refractivity contribution in [1.29, 1.82) is 0 Å². The molecule has 0 saturated heterocycles. The molecule has 182 valence electrons. The minimum absolute atomic E-state index is 0.107. The summed E-state index contributed by atoms with van der Waals surface area (Å²) in [7, 11) is -4.04. The largest absolute Gasteiger partial charge is 0.293 e. The van der Waals surface area contributed by atoms with E-state index in [1.165, 1.54) is 30.7 Å². The fourth-order valence-corrected chi connectivity index (χ4v) is 5.79. The number of fused-ring (bicyclic) bond motifs is 1. The van der Waals surface area contributed by atoms with Crippen LogP contribution < -0.4 is 0 Å². The summed E-state index contributed by atoms with van der Waals surface area (Å²) in [6, 6.07) is 4.67. The fourth-order valence-electron chi connectivity index (χ4n) is 3.38. The van der Waals surface area contributed by atoms with Crippen molar-refractivity contribution in [2.75, 3.05) is 12.3 Å². The second-order valence-electron chi connectivity index (χ2n) is 7.32. The molecule has 0 spiro atoms. The lowest BCUT2D eigenvalue weighted by atomic mass is 9.97. The number of carbonyl (C=O) groups is 1. The first kappa shape index (κ1) is 25.9. The number of nitrogens with zero attached hydrogens (tertiary/aromatic N) is 3. The lowest BCUT2D eigenvalue weighted by molar-refractivity contribution is 0.102. The van der Waals surface area contributed by atoms with Gasteiger partial charge in [0.2, 0.25) is 21.3 Å². The van der Waals surface area contributed by atoms with Crippen molar-refractivity contribution in [2.45, 2.75) is 26.2 Å². The average Bonchev–Trinajstić information content (AvgIpc) is 2.79. The van der Waals surface area contributed by atoms with Crippen LogP contribution in [0.25, 0.3) is 10.9 Å². The van der Waals surface area contributed by atoms with Crippen LogP contribution >= 0.6 is 0 Å². The molecule has 8 nitrogen and oxygen atoms in total. The first-order valence-electron chi connectivity index (χ1n) is 10.1. The van der Waals surface area contributed by atoms with E-state index in [1.807, 2.05) is 0 Å². The van der Waals surface area contributed by atoms with Crippen molar-refractivity contribution in [1.82, 2.24) is 13.7 Å². The Kier molecular flexibility index (Phi) is 8.13. The number of sulfonamides is 1. The van der Waals surface area contributed by atoms with Crippen LogP contribution in [-0.4, -0.2) is 48.9 Å². The summed E-state index contributed by atoms with van der Waals surface area (Å²) < 4.78 is 89.1. The van der Waals surface area contributed by atoms with Gasteiger partial charge >= 0.3 is 0 Å². The average molecular weight is 516 g/mol. The zero-order valence-corrected chi connectivity index (χ0v) is 19.5. The first-order chi connectivity index (χ1) is 16.1. The highest BCUT2D eigenvalue weighted by atomic mass is 32.3. The number of rotatable bonds is 10. The van der Waals surface area contributed by atoms with E-state index in [0.717, 1.165) is 0 Å². The molecule has 1 atom stereocenters.